The molecule has 0 spiro atoms. The van der Waals surface area contributed by atoms with Gasteiger partial charge in [0.15, 0.2) is 0 Å². The van der Waals surface area contributed by atoms with Gasteiger partial charge < -0.3 is 15.4 Å². The maximum atomic E-state index is 11.4. The van der Waals surface area contributed by atoms with Crippen LogP contribution in [0.5, 0.6) is 0 Å². The van der Waals surface area contributed by atoms with Gasteiger partial charge in [0.25, 0.3) is 0 Å². The topological polar surface area (TPSA) is 99.4 Å². The molecule has 0 aliphatic carbocycles. The molecule has 1 aliphatic rings. The van der Waals surface area contributed by atoms with E-state index in [-0.39, 0.29) is 22.8 Å². The largest absolute Gasteiger partial charge is 0.373 e. The summed E-state index contributed by atoms with van der Waals surface area (Å²) in [4.78, 5) is 13.0. The Bertz CT molecular complexity index is 514. The lowest BCUT2D eigenvalue weighted by molar-refractivity contribution is -0.384. The molecule has 21 heavy (non-hydrogen) atoms. The van der Waals surface area contributed by atoms with Crippen LogP contribution in [0.1, 0.15) is 26.0 Å². The van der Waals surface area contributed by atoms with E-state index in [1.807, 2.05) is 18.7 Å². The van der Waals surface area contributed by atoms with E-state index >= 15 is 0 Å². The van der Waals surface area contributed by atoms with E-state index in [4.69, 9.17) is 10.5 Å². The van der Waals surface area contributed by atoms with Crippen LogP contribution in [0.4, 0.5) is 11.5 Å². The van der Waals surface area contributed by atoms with E-state index in [0.29, 0.717) is 37.8 Å². The summed E-state index contributed by atoms with van der Waals surface area (Å²) in [5.74, 6) is 0.577. The van der Waals surface area contributed by atoms with Crippen LogP contribution < -0.4 is 10.6 Å². The highest BCUT2D eigenvalue weighted by molar-refractivity contribution is 5.61. The number of nitrogens with two attached hydrogens (primary N) is 1. The Hall–Kier alpha value is -1.67. The zero-order chi connectivity index (χ0) is 15.6. The minimum absolute atomic E-state index is 0.0915. The first-order valence-corrected chi connectivity index (χ1v) is 7.29. The van der Waals surface area contributed by atoms with Gasteiger partial charge in [-0.1, -0.05) is 6.92 Å². The molecule has 1 aromatic heterocycles. The van der Waals surface area contributed by atoms with E-state index in [1.165, 1.54) is 0 Å². The summed E-state index contributed by atoms with van der Waals surface area (Å²) in [7, 11) is 0. The summed E-state index contributed by atoms with van der Waals surface area (Å²) < 4.78 is 7.37. The van der Waals surface area contributed by atoms with Gasteiger partial charge in [-0.3, -0.25) is 10.1 Å². The first-order chi connectivity index (χ1) is 9.95. The normalized spacial score (nSPS) is 20.6. The van der Waals surface area contributed by atoms with Crippen LogP contribution in [0.2, 0.25) is 0 Å². The van der Waals surface area contributed by atoms with Crippen LogP contribution in [-0.4, -0.2) is 46.5 Å². The highest BCUT2D eigenvalue weighted by Crippen LogP contribution is 2.33. The van der Waals surface area contributed by atoms with Crippen molar-refractivity contribution in [2.45, 2.75) is 45.9 Å². The van der Waals surface area contributed by atoms with Crippen LogP contribution in [-0.2, 0) is 11.3 Å². The summed E-state index contributed by atoms with van der Waals surface area (Å²) in [6, 6.07) is -0.115. The van der Waals surface area contributed by atoms with Crippen LogP contribution in [0.3, 0.4) is 0 Å². The number of nitro groups is 1. The molecule has 118 valence electrons. The predicted molar refractivity (Wildman–Crippen MR) is 79.5 cm³/mol. The van der Waals surface area contributed by atoms with E-state index in [0.717, 1.165) is 6.42 Å². The fourth-order valence-corrected chi connectivity index (χ4v) is 2.64. The van der Waals surface area contributed by atoms with Crippen LogP contribution in [0, 0.1) is 17.0 Å². The van der Waals surface area contributed by atoms with Crippen molar-refractivity contribution < 1.29 is 9.66 Å². The van der Waals surface area contributed by atoms with Crippen molar-refractivity contribution in [1.29, 1.82) is 0 Å². The predicted octanol–water partition coefficient (Wildman–Crippen LogP) is 1.06. The van der Waals surface area contributed by atoms with Gasteiger partial charge in [-0.15, -0.1) is 0 Å². The van der Waals surface area contributed by atoms with Gasteiger partial charge in [0.05, 0.1) is 17.6 Å². The molecule has 0 saturated carbocycles. The second-order valence-corrected chi connectivity index (χ2v) is 5.45. The van der Waals surface area contributed by atoms with E-state index < -0.39 is 0 Å². The van der Waals surface area contributed by atoms with Crippen molar-refractivity contribution in [2.24, 2.45) is 5.73 Å². The van der Waals surface area contributed by atoms with E-state index in [9.17, 15) is 10.1 Å². The number of hydrogen-bond donors (Lipinski definition) is 1. The molecule has 1 aromatic rings. The van der Waals surface area contributed by atoms with Gasteiger partial charge in [0, 0.05) is 25.7 Å². The number of rotatable bonds is 5. The Balaban J connectivity index is 2.38. The molecular formula is C13H23N5O3. The van der Waals surface area contributed by atoms with Crippen molar-refractivity contribution in [3.05, 3.63) is 15.8 Å². The second kappa shape index (κ2) is 6.40. The van der Waals surface area contributed by atoms with Gasteiger partial charge in [-0.2, -0.15) is 5.10 Å². The Kier molecular flexibility index (Phi) is 4.79. The number of anilines is 1. The summed E-state index contributed by atoms with van der Waals surface area (Å²) in [5.41, 5.74) is 6.44. The zero-order valence-corrected chi connectivity index (χ0v) is 12.8. The fraction of sp³-hybridized carbons (Fsp3) is 0.769. The smallest absolute Gasteiger partial charge is 0.333 e. The van der Waals surface area contributed by atoms with Crippen molar-refractivity contribution in [3.63, 3.8) is 0 Å². The Morgan fingerprint density at radius 2 is 2.33 bits per heavy atom. The Morgan fingerprint density at radius 3 is 2.90 bits per heavy atom. The molecule has 0 radical (unpaired) electrons. The SMILES string of the molecule is CCCn1nc(C)c([N+](=O)[O-])c1N1CCOC(C(C)N)C1. The highest BCUT2D eigenvalue weighted by Gasteiger charge is 2.33. The molecule has 0 bridgehead atoms. The molecule has 2 atom stereocenters. The van der Waals surface area contributed by atoms with Crippen molar-refractivity contribution in [1.82, 2.24) is 9.78 Å². The average molecular weight is 297 g/mol. The van der Waals surface area contributed by atoms with Gasteiger partial charge in [-0.25, -0.2) is 4.68 Å². The zero-order valence-electron chi connectivity index (χ0n) is 12.8. The number of aromatic nitrogens is 2. The van der Waals surface area contributed by atoms with E-state index in [1.54, 1.807) is 11.6 Å². The minimum atomic E-state index is -0.347. The number of aryl methyl sites for hydroxylation is 2. The van der Waals surface area contributed by atoms with Gasteiger partial charge in [-0.05, 0) is 20.3 Å². The van der Waals surface area contributed by atoms with Gasteiger partial charge in [0.2, 0.25) is 5.82 Å². The standard InChI is InChI=1S/C13H23N5O3/c1-4-5-17-13(12(18(19)20)10(3)15-17)16-6-7-21-11(8-16)9(2)14/h9,11H,4-8,14H2,1-3H3. The molecule has 1 saturated heterocycles. The van der Waals surface area contributed by atoms with Crippen LogP contribution in [0.15, 0.2) is 0 Å². The lowest BCUT2D eigenvalue weighted by Crippen LogP contribution is -2.50. The first-order valence-electron chi connectivity index (χ1n) is 7.29. The molecule has 1 fully saturated rings. The monoisotopic (exact) mass is 297 g/mol. The number of hydrogen-bond acceptors (Lipinski definition) is 6. The summed E-state index contributed by atoms with van der Waals surface area (Å²) in [6.45, 7) is 7.92. The van der Waals surface area contributed by atoms with Crippen LogP contribution >= 0.6 is 0 Å². The minimum Gasteiger partial charge on any atom is -0.373 e. The molecule has 2 heterocycles. The summed E-state index contributed by atoms with van der Waals surface area (Å²) in [5, 5.41) is 15.7. The third-order valence-electron chi connectivity index (χ3n) is 3.67. The maximum absolute atomic E-state index is 11.4. The van der Waals surface area contributed by atoms with Gasteiger partial charge in [0.1, 0.15) is 5.69 Å². The lowest BCUT2D eigenvalue weighted by Gasteiger charge is -2.35. The first kappa shape index (κ1) is 15.7. The number of morpholine rings is 1. The molecule has 8 heteroatoms. The molecule has 2 unspecified atom stereocenters. The lowest BCUT2D eigenvalue weighted by atomic mass is 10.1. The molecule has 8 nitrogen and oxygen atoms in total. The summed E-state index contributed by atoms with van der Waals surface area (Å²) >= 11 is 0. The van der Waals surface area contributed by atoms with Crippen molar-refractivity contribution in [3.8, 4) is 0 Å². The molecule has 1 aliphatic heterocycles. The fourth-order valence-electron chi connectivity index (χ4n) is 2.64. The molecule has 0 aromatic carbocycles. The van der Waals surface area contributed by atoms with Crippen molar-refractivity contribution >= 4 is 11.5 Å². The Morgan fingerprint density at radius 1 is 1.62 bits per heavy atom. The number of ether oxygens (including phenoxy) is 1. The number of nitrogens with zero attached hydrogens (tertiary/aromatic N) is 4. The van der Waals surface area contributed by atoms with E-state index in [2.05, 4.69) is 5.10 Å². The third-order valence-corrected chi connectivity index (χ3v) is 3.67. The third kappa shape index (κ3) is 3.16. The van der Waals surface area contributed by atoms with Gasteiger partial charge >= 0.3 is 5.69 Å². The second-order valence-electron chi connectivity index (χ2n) is 5.45. The quantitative estimate of drug-likeness (QED) is 0.644. The van der Waals surface area contributed by atoms with Crippen LogP contribution in [0.25, 0.3) is 0 Å². The molecule has 0 amide bonds. The van der Waals surface area contributed by atoms with Crippen molar-refractivity contribution in [2.75, 3.05) is 24.6 Å². The Labute approximate surface area is 124 Å². The molecular weight excluding hydrogens is 274 g/mol. The average Bonchev–Trinajstić information content (AvgIpc) is 2.76. The molecule has 2 N–H and O–H groups in total. The highest BCUT2D eigenvalue weighted by atomic mass is 16.6. The summed E-state index contributed by atoms with van der Waals surface area (Å²) in [6.07, 6.45) is 0.746. The maximum Gasteiger partial charge on any atom is 0.333 e. The molecule has 2 rings (SSSR count).